The number of benzene rings is 2. The molecule has 2 amide bonds. The predicted molar refractivity (Wildman–Crippen MR) is 112 cm³/mol. The molecule has 0 radical (unpaired) electrons. The second-order valence-electron chi connectivity index (χ2n) is 6.80. The first kappa shape index (κ1) is 19.8. The summed E-state index contributed by atoms with van der Waals surface area (Å²) in [6.45, 7) is 4.21. The van der Waals surface area contributed by atoms with Crippen LogP contribution in [0.2, 0.25) is 0 Å². The molecule has 0 saturated carbocycles. The third-order valence-corrected chi connectivity index (χ3v) is 4.36. The van der Waals surface area contributed by atoms with E-state index in [0.29, 0.717) is 28.4 Å². The number of aromatic nitrogens is 1. The molecule has 3 aromatic rings. The summed E-state index contributed by atoms with van der Waals surface area (Å²) < 4.78 is 0. The fraction of sp³-hybridized carbons (Fsp3) is 0.130. The Hall–Kier alpha value is -3.98. The van der Waals surface area contributed by atoms with Gasteiger partial charge >= 0.3 is 0 Å². The number of pyridine rings is 1. The Bertz CT molecular complexity index is 1070. The van der Waals surface area contributed by atoms with Gasteiger partial charge in [0.1, 0.15) is 5.69 Å². The first-order valence-electron chi connectivity index (χ1n) is 9.15. The highest BCUT2D eigenvalue weighted by Crippen LogP contribution is 2.18. The van der Waals surface area contributed by atoms with Gasteiger partial charge in [-0.2, -0.15) is 5.26 Å². The normalized spacial score (nSPS) is 10.3. The Morgan fingerprint density at radius 1 is 0.897 bits per heavy atom. The van der Waals surface area contributed by atoms with Crippen molar-refractivity contribution >= 4 is 23.2 Å². The van der Waals surface area contributed by atoms with Gasteiger partial charge in [-0.15, -0.1) is 0 Å². The van der Waals surface area contributed by atoms with Crippen LogP contribution in [0.5, 0.6) is 0 Å². The molecule has 0 fully saturated rings. The Kier molecular flexibility index (Phi) is 6.00. The third kappa shape index (κ3) is 5.05. The predicted octanol–water partition coefficient (Wildman–Crippen LogP) is 4.58. The van der Waals surface area contributed by atoms with Crippen LogP contribution in [0.4, 0.5) is 11.4 Å². The Morgan fingerprint density at radius 3 is 2.07 bits per heavy atom. The first-order valence-corrected chi connectivity index (χ1v) is 9.15. The fourth-order valence-electron chi connectivity index (χ4n) is 2.67. The lowest BCUT2D eigenvalue weighted by Crippen LogP contribution is -2.17. The summed E-state index contributed by atoms with van der Waals surface area (Å²) in [6, 6.07) is 19.2. The second-order valence-corrected chi connectivity index (χ2v) is 6.80. The number of carbonyl (C=O) groups is 2. The maximum atomic E-state index is 12.5. The van der Waals surface area contributed by atoms with E-state index in [4.69, 9.17) is 5.26 Å². The molecule has 3 rings (SSSR count). The van der Waals surface area contributed by atoms with Crippen LogP contribution >= 0.6 is 0 Å². The summed E-state index contributed by atoms with van der Waals surface area (Å²) in [5.74, 6) is -0.347. The van der Waals surface area contributed by atoms with Gasteiger partial charge in [0, 0.05) is 23.1 Å². The average Bonchev–Trinajstić information content (AvgIpc) is 2.74. The van der Waals surface area contributed by atoms with Crippen LogP contribution in [0, 0.1) is 11.3 Å². The molecule has 29 heavy (non-hydrogen) atoms. The Balaban J connectivity index is 1.69. The quantitative estimate of drug-likeness (QED) is 0.673. The van der Waals surface area contributed by atoms with Crippen LogP contribution < -0.4 is 10.6 Å². The van der Waals surface area contributed by atoms with Crippen molar-refractivity contribution < 1.29 is 9.59 Å². The molecule has 0 unspecified atom stereocenters. The van der Waals surface area contributed by atoms with Crippen LogP contribution in [-0.2, 0) is 0 Å². The van der Waals surface area contributed by atoms with Gasteiger partial charge in [0.05, 0.1) is 11.6 Å². The lowest BCUT2D eigenvalue weighted by Gasteiger charge is -2.09. The van der Waals surface area contributed by atoms with E-state index in [2.05, 4.69) is 29.5 Å². The smallest absolute Gasteiger partial charge is 0.274 e. The van der Waals surface area contributed by atoms with Crippen molar-refractivity contribution in [2.75, 3.05) is 10.6 Å². The number of nitriles is 1. The Labute approximate surface area is 169 Å². The summed E-state index contributed by atoms with van der Waals surface area (Å²) in [7, 11) is 0. The van der Waals surface area contributed by atoms with Gasteiger partial charge < -0.3 is 10.6 Å². The molecule has 0 aliphatic carbocycles. The van der Waals surface area contributed by atoms with Gasteiger partial charge in [0.15, 0.2) is 0 Å². The number of nitrogens with zero attached hydrogens (tertiary/aromatic N) is 2. The van der Waals surface area contributed by atoms with Gasteiger partial charge in [-0.3, -0.25) is 14.6 Å². The van der Waals surface area contributed by atoms with Gasteiger partial charge in [-0.05, 0) is 60.0 Å². The number of anilines is 2. The minimum Gasteiger partial charge on any atom is -0.322 e. The second kappa shape index (κ2) is 8.81. The summed E-state index contributed by atoms with van der Waals surface area (Å²) in [4.78, 5) is 29.0. The van der Waals surface area contributed by atoms with Crippen LogP contribution in [0.1, 0.15) is 51.7 Å². The summed E-state index contributed by atoms with van der Waals surface area (Å²) in [6.07, 6.45) is 1.42. The van der Waals surface area contributed by atoms with Crippen molar-refractivity contribution in [1.29, 1.82) is 5.26 Å². The van der Waals surface area contributed by atoms with Crippen LogP contribution in [0.3, 0.4) is 0 Å². The zero-order valence-electron chi connectivity index (χ0n) is 16.1. The molecule has 1 aromatic heterocycles. The fourth-order valence-corrected chi connectivity index (χ4v) is 2.67. The molecule has 0 aliphatic heterocycles. The summed E-state index contributed by atoms with van der Waals surface area (Å²) in [5, 5.41) is 14.4. The van der Waals surface area contributed by atoms with Gasteiger partial charge in [0.2, 0.25) is 0 Å². The average molecular weight is 384 g/mol. The van der Waals surface area contributed by atoms with E-state index in [-0.39, 0.29) is 11.6 Å². The van der Waals surface area contributed by atoms with E-state index in [9.17, 15) is 9.59 Å². The number of carbonyl (C=O) groups excluding carboxylic acids is 2. The molecule has 144 valence electrons. The molecular formula is C23H20N4O2. The van der Waals surface area contributed by atoms with Gasteiger partial charge in [0.25, 0.3) is 11.8 Å². The van der Waals surface area contributed by atoms with Crippen molar-refractivity contribution in [3.63, 3.8) is 0 Å². The van der Waals surface area contributed by atoms with Crippen LogP contribution in [0.25, 0.3) is 0 Å². The summed E-state index contributed by atoms with van der Waals surface area (Å²) >= 11 is 0. The molecule has 0 aliphatic rings. The number of hydrogen-bond donors (Lipinski definition) is 2. The molecule has 0 bridgehead atoms. The van der Waals surface area contributed by atoms with E-state index < -0.39 is 5.91 Å². The van der Waals surface area contributed by atoms with E-state index in [0.717, 1.165) is 0 Å². The third-order valence-electron chi connectivity index (χ3n) is 4.36. The van der Waals surface area contributed by atoms with Crippen molar-refractivity contribution in [3.8, 4) is 6.07 Å². The maximum Gasteiger partial charge on any atom is 0.274 e. The maximum absolute atomic E-state index is 12.5. The number of rotatable bonds is 5. The van der Waals surface area contributed by atoms with Crippen LogP contribution in [0.15, 0.2) is 66.9 Å². The number of nitrogens with one attached hydrogen (secondary N) is 2. The van der Waals surface area contributed by atoms with E-state index >= 15 is 0 Å². The molecule has 6 heteroatoms. The Morgan fingerprint density at radius 2 is 1.48 bits per heavy atom. The zero-order chi connectivity index (χ0) is 20.8. The molecule has 0 spiro atoms. The minimum absolute atomic E-state index is 0.122. The lowest BCUT2D eigenvalue weighted by molar-refractivity contribution is 0.102. The van der Waals surface area contributed by atoms with Crippen molar-refractivity contribution in [2.45, 2.75) is 19.8 Å². The molecular weight excluding hydrogens is 364 g/mol. The monoisotopic (exact) mass is 384 g/mol. The van der Waals surface area contributed by atoms with Gasteiger partial charge in [-0.1, -0.05) is 26.0 Å². The lowest BCUT2D eigenvalue weighted by atomic mass is 10.0. The molecule has 2 aromatic carbocycles. The highest BCUT2D eigenvalue weighted by molar-refractivity contribution is 6.07. The van der Waals surface area contributed by atoms with Crippen molar-refractivity contribution in [1.82, 2.24) is 4.98 Å². The first-order chi connectivity index (χ1) is 14.0. The summed E-state index contributed by atoms with van der Waals surface area (Å²) in [5.41, 5.74) is 3.36. The van der Waals surface area contributed by atoms with Gasteiger partial charge in [-0.25, -0.2) is 0 Å². The van der Waals surface area contributed by atoms with E-state index in [1.54, 1.807) is 30.3 Å². The number of amides is 2. The minimum atomic E-state index is -0.439. The van der Waals surface area contributed by atoms with E-state index in [1.165, 1.54) is 17.8 Å². The molecule has 2 N–H and O–H groups in total. The zero-order valence-corrected chi connectivity index (χ0v) is 16.1. The topological polar surface area (TPSA) is 94.9 Å². The standard InChI is InChI=1S/C23H20N4O2/c1-15(2)17-5-9-20(10-6-17)26-22(28)18-11-12-25-21(13-18)23(29)27-19-7-3-16(14-24)4-8-19/h3-13,15H,1-2H3,(H,26,28)(H,27,29). The molecule has 0 atom stereocenters. The van der Waals surface area contributed by atoms with Crippen molar-refractivity contribution in [3.05, 3.63) is 89.2 Å². The molecule has 6 nitrogen and oxygen atoms in total. The largest absolute Gasteiger partial charge is 0.322 e. The highest BCUT2D eigenvalue weighted by atomic mass is 16.2. The van der Waals surface area contributed by atoms with E-state index in [1.807, 2.05) is 30.3 Å². The highest BCUT2D eigenvalue weighted by Gasteiger charge is 2.13. The van der Waals surface area contributed by atoms with Crippen molar-refractivity contribution in [2.24, 2.45) is 0 Å². The molecule has 1 heterocycles. The SMILES string of the molecule is CC(C)c1ccc(NC(=O)c2ccnc(C(=O)Nc3ccc(C#N)cc3)c2)cc1. The molecule has 0 saturated heterocycles. The number of hydrogen-bond acceptors (Lipinski definition) is 4. The van der Waals surface area contributed by atoms with Crippen LogP contribution in [-0.4, -0.2) is 16.8 Å².